The van der Waals surface area contributed by atoms with Gasteiger partial charge in [-0.05, 0) is 33.2 Å². The van der Waals surface area contributed by atoms with Crippen LogP contribution in [0.5, 0.6) is 5.75 Å². The van der Waals surface area contributed by atoms with E-state index in [1.807, 2.05) is 0 Å². The van der Waals surface area contributed by atoms with Crippen molar-refractivity contribution in [3.8, 4) is 5.75 Å². The highest BCUT2D eigenvalue weighted by Crippen LogP contribution is 2.27. The molecular weight excluding hydrogens is 316 g/mol. The first-order valence-corrected chi connectivity index (χ1v) is 8.14. The summed E-state index contributed by atoms with van der Waals surface area (Å²) in [5.41, 5.74) is -1.18. The van der Waals surface area contributed by atoms with Gasteiger partial charge in [0, 0.05) is 24.2 Å². The van der Waals surface area contributed by atoms with Gasteiger partial charge < -0.3 is 14.7 Å². The maximum Gasteiger partial charge on any atom is 0.244 e. The number of nitrogens with one attached hydrogen (secondary N) is 1. The van der Waals surface area contributed by atoms with Crippen molar-refractivity contribution >= 4 is 21.6 Å². The zero-order chi connectivity index (χ0) is 16.3. The molecule has 0 bridgehead atoms. The van der Waals surface area contributed by atoms with Gasteiger partial charge in [-0.15, -0.1) is 0 Å². The van der Waals surface area contributed by atoms with Gasteiger partial charge in [-0.2, -0.15) is 0 Å². The minimum atomic E-state index is -3.80. The Morgan fingerprint density at radius 1 is 1.43 bits per heavy atom. The Morgan fingerprint density at radius 2 is 2.05 bits per heavy atom. The normalized spacial score (nSPS) is 15.0. The van der Waals surface area contributed by atoms with Gasteiger partial charge in [-0.3, -0.25) is 0 Å². The Bertz CT molecular complexity index is 588. The molecule has 120 valence electrons. The highest BCUT2D eigenvalue weighted by atomic mass is 35.5. The number of benzene rings is 1. The van der Waals surface area contributed by atoms with Crippen molar-refractivity contribution in [3.05, 3.63) is 23.2 Å². The summed E-state index contributed by atoms with van der Waals surface area (Å²) in [4.78, 5) is 1.76. The molecule has 2 N–H and O–H groups in total. The molecule has 0 aliphatic rings. The van der Waals surface area contributed by atoms with E-state index in [0.29, 0.717) is 11.6 Å². The molecule has 0 aromatic heterocycles. The quantitative estimate of drug-likeness (QED) is 0.774. The number of rotatable bonds is 7. The third-order valence-corrected chi connectivity index (χ3v) is 4.39. The van der Waals surface area contributed by atoms with E-state index >= 15 is 0 Å². The first kappa shape index (κ1) is 18.2. The van der Waals surface area contributed by atoms with Crippen LogP contribution in [0.2, 0.25) is 5.02 Å². The lowest BCUT2D eigenvalue weighted by molar-refractivity contribution is 0.0386. The van der Waals surface area contributed by atoms with Crippen LogP contribution < -0.4 is 9.46 Å². The predicted octanol–water partition coefficient (Wildman–Crippen LogP) is 0.940. The topological polar surface area (TPSA) is 78.9 Å². The molecule has 0 fully saturated rings. The lowest BCUT2D eigenvalue weighted by Gasteiger charge is -2.27. The van der Waals surface area contributed by atoms with Gasteiger partial charge in [0.25, 0.3) is 0 Å². The van der Waals surface area contributed by atoms with E-state index in [1.54, 1.807) is 25.9 Å². The second-order valence-corrected chi connectivity index (χ2v) is 7.53. The Kier molecular flexibility index (Phi) is 6.01. The van der Waals surface area contributed by atoms with E-state index in [-0.39, 0.29) is 17.2 Å². The zero-order valence-corrected chi connectivity index (χ0v) is 14.1. The molecule has 8 heteroatoms. The zero-order valence-electron chi connectivity index (χ0n) is 12.6. The van der Waals surface area contributed by atoms with Gasteiger partial charge in [0.05, 0.1) is 12.7 Å². The summed E-state index contributed by atoms with van der Waals surface area (Å²) >= 11 is 5.81. The molecule has 0 amide bonds. The number of hydrogen-bond donors (Lipinski definition) is 2. The molecule has 1 aromatic rings. The number of nitrogens with zero attached hydrogens (tertiary/aromatic N) is 1. The van der Waals surface area contributed by atoms with Gasteiger partial charge in [-0.25, -0.2) is 13.1 Å². The molecule has 0 saturated heterocycles. The average molecular weight is 337 g/mol. The smallest absolute Gasteiger partial charge is 0.244 e. The minimum absolute atomic E-state index is 0.0185. The standard InChI is InChI=1S/C13H21ClN2O4S/c1-13(17,9-16(2)3)8-15-21(18,19)12-6-5-10(14)7-11(12)20-4/h5-7,15,17H,8-9H2,1-4H3. The Morgan fingerprint density at radius 3 is 2.57 bits per heavy atom. The second-order valence-electron chi connectivity index (χ2n) is 5.35. The highest BCUT2D eigenvalue weighted by Gasteiger charge is 2.26. The number of likely N-dealkylation sites (N-methyl/N-ethyl adjacent to an activating group) is 1. The van der Waals surface area contributed by atoms with Crippen molar-refractivity contribution in [2.45, 2.75) is 17.4 Å². The van der Waals surface area contributed by atoms with Crippen LogP contribution in [0, 0.1) is 0 Å². The summed E-state index contributed by atoms with van der Waals surface area (Å²) in [5.74, 6) is 0.155. The van der Waals surface area contributed by atoms with Gasteiger partial charge in [0.2, 0.25) is 10.0 Å². The Hall–Kier alpha value is -0.860. The molecule has 1 aromatic carbocycles. The van der Waals surface area contributed by atoms with Gasteiger partial charge in [0.1, 0.15) is 10.6 Å². The van der Waals surface area contributed by atoms with E-state index < -0.39 is 15.6 Å². The fraction of sp³-hybridized carbons (Fsp3) is 0.538. The molecule has 0 heterocycles. The van der Waals surface area contributed by atoms with E-state index in [2.05, 4.69) is 4.72 Å². The summed E-state index contributed by atoms with van der Waals surface area (Å²) in [6.45, 7) is 1.78. The van der Waals surface area contributed by atoms with Crippen molar-refractivity contribution in [1.82, 2.24) is 9.62 Å². The van der Waals surface area contributed by atoms with Crippen molar-refractivity contribution in [2.75, 3.05) is 34.3 Å². The lowest BCUT2D eigenvalue weighted by atomic mass is 10.1. The predicted molar refractivity (Wildman–Crippen MR) is 82.4 cm³/mol. The van der Waals surface area contributed by atoms with Crippen molar-refractivity contribution in [2.24, 2.45) is 0 Å². The monoisotopic (exact) mass is 336 g/mol. The lowest BCUT2D eigenvalue weighted by Crippen LogP contribution is -2.47. The molecule has 0 spiro atoms. The van der Waals surface area contributed by atoms with Crippen molar-refractivity contribution < 1.29 is 18.3 Å². The molecule has 6 nitrogen and oxygen atoms in total. The minimum Gasteiger partial charge on any atom is -0.495 e. The molecule has 0 saturated carbocycles. The molecule has 1 unspecified atom stereocenters. The highest BCUT2D eigenvalue weighted by molar-refractivity contribution is 7.89. The maximum atomic E-state index is 12.3. The summed E-state index contributed by atoms with van der Waals surface area (Å²) in [7, 11) is 1.16. The molecule has 21 heavy (non-hydrogen) atoms. The largest absolute Gasteiger partial charge is 0.495 e. The fourth-order valence-electron chi connectivity index (χ4n) is 1.93. The number of sulfonamides is 1. The van der Waals surface area contributed by atoms with Crippen LogP contribution in [-0.2, 0) is 10.0 Å². The van der Waals surface area contributed by atoms with Crippen LogP contribution in [-0.4, -0.2) is 58.3 Å². The maximum absolute atomic E-state index is 12.3. The van der Waals surface area contributed by atoms with Gasteiger partial charge >= 0.3 is 0 Å². The van der Waals surface area contributed by atoms with Crippen molar-refractivity contribution in [1.29, 1.82) is 0 Å². The Balaban J connectivity index is 2.93. The van der Waals surface area contributed by atoms with E-state index in [9.17, 15) is 13.5 Å². The van der Waals surface area contributed by atoms with E-state index in [1.165, 1.54) is 25.3 Å². The van der Waals surface area contributed by atoms with Crippen LogP contribution in [0.25, 0.3) is 0 Å². The fourth-order valence-corrected chi connectivity index (χ4v) is 3.40. The van der Waals surface area contributed by atoms with Crippen LogP contribution in [0.15, 0.2) is 23.1 Å². The van der Waals surface area contributed by atoms with Crippen molar-refractivity contribution in [3.63, 3.8) is 0 Å². The number of ether oxygens (including phenoxy) is 1. The average Bonchev–Trinajstić information content (AvgIpc) is 2.34. The number of hydrogen-bond acceptors (Lipinski definition) is 5. The molecule has 0 aliphatic carbocycles. The van der Waals surface area contributed by atoms with E-state index in [0.717, 1.165) is 0 Å². The third-order valence-electron chi connectivity index (χ3n) is 2.72. The van der Waals surface area contributed by atoms with Crippen LogP contribution >= 0.6 is 11.6 Å². The summed E-state index contributed by atoms with van der Waals surface area (Å²) < 4.78 is 32.0. The third kappa shape index (κ3) is 5.44. The van der Waals surface area contributed by atoms with Crippen LogP contribution in [0.3, 0.4) is 0 Å². The summed E-state index contributed by atoms with van der Waals surface area (Å²) in [5, 5.41) is 10.5. The molecular formula is C13H21ClN2O4S. The number of aliphatic hydroxyl groups is 1. The first-order valence-electron chi connectivity index (χ1n) is 6.28. The van der Waals surface area contributed by atoms with Crippen LogP contribution in [0.1, 0.15) is 6.92 Å². The first-order chi connectivity index (χ1) is 9.57. The SMILES string of the molecule is COc1cc(Cl)ccc1S(=O)(=O)NCC(C)(O)CN(C)C. The summed E-state index contributed by atoms with van der Waals surface area (Å²) in [6.07, 6.45) is 0. The summed E-state index contributed by atoms with van der Waals surface area (Å²) in [6, 6.07) is 4.26. The molecule has 0 radical (unpaired) electrons. The molecule has 1 atom stereocenters. The van der Waals surface area contributed by atoms with E-state index in [4.69, 9.17) is 16.3 Å². The van der Waals surface area contributed by atoms with Crippen LogP contribution in [0.4, 0.5) is 0 Å². The second kappa shape index (κ2) is 6.93. The number of methoxy groups -OCH3 is 1. The van der Waals surface area contributed by atoms with Gasteiger partial charge in [-0.1, -0.05) is 11.6 Å². The Labute approximate surface area is 130 Å². The number of halogens is 1. The molecule has 0 aliphatic heterocycles. The molecule has 1 rings (SSSR count). The van der Waals surface area contributed by atoms with Gasteiger partial charge in [0.15, 0.2) is 0 Å².